The van der Waals surface area contributed by atoms with Crippen molar-refractivity contribution in [2.75, 3.05) is 13.2 Å². The van der Waals surface area contributed by atoms with E-state index in [9.17, 15) is 4.79 Å². The molecule has 2 heterocycles. The number of ether oxygens (including phenoxy) is 1. The number of furan rings is 1. The number of nitrogens with zero attached hydrogens (tertiary/aromatic N) is 3. The third-order valence-corrected chi connectivity index (χ3v) is 2.78. The molecule has 0 saturated carbocycles. The van der Waals surface area contributed by atoms with Gasteiger partial charge in [-0.25, -0.2) is 4.79 Å². The van der Waals surface area contributed by atoms with Crippen LogP contribution in [0.15, 0.2) is 49.3 Å². The molecule has 20 heavy (non-hydrogen) atoms. The molecule has 0 aliphatic carbocycles. The number of hydrogen-bond acceptors (Lipinski definition) is 5. The van der Waals surface area contributed by atoms with Gasteiger partial charge in [0.15, 0.2) is 11.2 Å². The monoisotopic (exact) mass is 271 g/mol. The van der Waals surface area contributed by atoms with Crippen molar-refractivity contribution in [3.8, 4) is 5.75 Å². The highest BCUT2D eigenvalue weighted by molar-refractivity contribution is 5.99. The van der Waals surface area contributed by atoms with Gasteiger partial charge in [-0.05, 0) is 23.7 Å². The molecule has 3 rings (SSSR count). The Morgan fingerprint density at radius 1 is 1.25 bits per heavy atom. The highest BCUT2D eigenvalue weighted by Gasteiger charge is 2.14. The highest BCUT2D eigenvalue weighted by atomic mass is 16.5. The van der Waals surface area contributed by atoms with Crippen LogP contribution in [0.4, 0.5) is 0 Å². The minimum absolute atomic E-state index is 0.164. The van der Waals surface area contributed by atoms with Gasteiger partial charge >= 0.3 is 5.63 Å². The maximum absolute atomic E-state index is 11.4. The van der Waals surface area contributed by atoms with Gasteiger partial charge in [0.25, 0.3) is 0 Å². The molecule has 1 aromatic carbocycles. The van der Waals surface area contributed by atoms with Gasteiger partial charge in [-0.1, -0.05) is 5.11 Å². The molecule has 0 bridgehead atoms. The first-order valence-corrected chi connectivity index (χ1v) is 5.87. The number of benzene rings is 1. The van der Waals surface area contributed by atoms with Crippen LogP contribution in [-0.2, 0) is 0 Å². The molecule has 0 aliphatic heterocycles. The second-order valence-corrected chi connectivity index (χ2v) is 4.02. The van der Waals surface area contributed by atoms with Gasteiger partial charge < -0.3 is 13.6 Å². The van der Waals surface area contributed by atoms with Crippen LogP contribution >= 0.6 is 0 Å². The Kier molecular flexibility index (Phi) is 3.02. The summed E-state index contributed by atoms with van der Waals surface area (Å²) in [6, 6.07) is 6.64. The smallest absolute Gasteiger partial charge is 0.336 e. The molecule has 7 heteroatoms. The summed E-state index contributed by atoms with van der Waals surface area (Å²) in [6.45, 7) is 0.337. The molecule has 0 radical (unpaired) electrons. The molecular formula is C13H9N3O4. The van der Waals surface area contributed by atoms with Gasteiger partial charge in [0.2, 0.25) is 5.75 Å². The lowest BCUT2D eigenvalue weighted by Gasteiger charge is -2.07. The van der Waals surface area contributed by atoms with E-state index < -0.39 is 5.63 Å². The Labute approximate surface area is 112 Å². The molecule has 100 valence electrons. The Bertz CT molecular complexity index is 874. The number of azide groups is 1. The maximum Gasteiger partial charge on any atom is 0.336 e. The van der Waals surface area contributed by atoms with Gasteiger partial charge in [-0.3, -0.25) is 0 Å². The fraction of sp³-hybridized carbons (Fsp3) is 0.154. The minimum atomic E-state index is -0.469. The fourth-order valence-corrected chi connectivity index (χ4v) is 1.97. The van der Waals surface area contributed by atoms with Gasteiger partial charge in [0.1, 0.15) is 0 Å². The van der Waals surface area contributed by atoms with Crippen LogP contribution in [0.3, 0.4) is 0 Å². The summed E-state index contributed by atoms with van der Waals surface area (Å²) in [5, 5.41) is 4.96. The zero-order valence-corrected chi connectivity index (χ0v) is 10.3. The van der Waals surface area contributed by atoms with Gasteiger partial charge in [0, 0.05) is 21.8 Å². The minimum Gasteiger partial charge on any atom is -0.486 e. The number of hydrogen-bond donors (Lipinski definition) is 0. The van der Waals surface area contributed by atoms with E-state index >= 15 is 0 Å². The number of rotatable bonds is 4. The van der Waals surface area contributed by atoms with E-state index in [1.54, 1.807) is 12.1 Å². The van der Waals surface area contributed by atoms with E-state index in [4.69, 9.17) is 19.1 Å². The molecule has 3 aromatic rings. The first kappa shape index (κ1) is 12.1. The largest absolute Gasteiger partial charge is 0.486 e. The second kappa shape index (κ2) is 4.99. The molecule has 7 nitrogen and oxygen atoms in total. The summed E-state index contributed by atoms with van der Waals surface area (Å²) >= 11 is 0. The second-order valence-electron chi connectivity index (χ2n) is 4.02. The third kappa shape index (κ3) is 2.06. The van der Waals surface area contributed by atoms with Crippen LogP contribution in [0.2, 0.25) is 0 Å². The predicted octanol–water partition coefficient (Wildman–Crippen LogP) is 3.23. The van der Waals surface area contributed by atoms with Gasteiger partial charge in [-0.15, -0.1) is 0 Å². The summed E-state index contributed by atoms with van der Waals surface area (Å²) in [5.74, 6) is 0.341. The van der Waals surface area contributed by atoms with Gasteiger partial charge in [0.05, 0.1) is 19.4 Å². The van der Waals surface area contributed by atoms with Crippen molar-refractivity contribution in [3.63, 3.8) is 0 Å². The van der Waals surface area contributed by atoms with Crippen LogP contribution in [0.5, 0.6) is 5.75 Å². The van der Waals surface area contributed by atoms with Crippen LogP contribution in [-0.4, -0.2) is 13.2 Å². The first-order chi connectivity index (χ1) is 9.79. The summed E-state index contributed by atoms with van der Waals surface area (Å²) < 4.78 is 16.1. The van der Waals surface area contributed by atoms with E-state index in [2.05, 4.69) is 10.0 Å². The Hall–Kier alpha value is -2.92. The predicted molar refractivity (Wildman–Crippen MR) is 71.8 cm³/mol. The van der Waals surface area contributed by atoms with Crippen LogP contribution in [0, 0.1) is 0 Å². The van der Waals surface area contributed by atoms with E-state index in [-0.39, 0.29) is 13.2 Å². The first-order valence-electron chi connectivity index (χ1n) is 5.87. The molecule has 2 aromatic heterocycles. The summed E-state index contributed by atoms with van der Waals surface area (Å²) in [7, 11) is 0. The lowest BCUT2D eigenvalue weighted by Crippen LogP contribution is -2.02. The third-order valence-electron chi connectivity index (χ3n) is 2.78. The SMILES string of the molecule is [N-]=[N+]=NCCOc1c2occc2cc2ccc(=O)oc12. The van der Waals surface area contributed by atoms with Crippen molar-refractivity contribution < 1.29 is 13.6 Å². The van der Waals surface area contributed by atoms with E-state index in [0.717, 1.165) is 10.8 Å². The standard InChI is InChI=1S/C13H9N3O4/c14-16-15-4-6-19-13-11-9(3-5-18-11)7-8-1-2-10(17)20-12(8)13/h1-3,5,7H,4,6H2. The lowest BCUT2D eigenvalue weighted by molar-refractivity contribution is 0.324. The van der Waals surface area contributed by atoms with Gasteiger partial charge in [-0.2, -0.15) is 0 Å². The Morgan fingerprint density at radius 2 is 2.10 bits per heavy atom. The normalized spacial score (nSPS) is 10.6. The van der Waals surface area contributed by atoms with Crippen molar-refractivity contribution in [2.45, 2.75) is 0 Å². The average molecular weight is 271 g/mol. The van der Waals surface area contributed by atoms with Crippen molar-refractivity contribution >= 4 is 21.9 Å². The molecule has 0 aliphatic rings. The molecule has 0 saturated heterocycles. The molecule has 0 unspecified atom stereocenters. The maximum atomic E-state index is 11.4. The van der Waals surface area contributed by atoms with E-state index in [1.165, 1.54) is 12.3 Å². The highest BCUT2D eigenvalue weighted by Crippen LogP contribution is 2.34. The zero-order chi connectivity index (χ0) is 13.9. The molecule has 0 N–H and O–H groups in total. The molecule has 0 fully saturated rings. The summed E-state index contributed by atoms with van der Waals surface area (Å²) in [5.41, 5.74) is 8.58. The quantitative estimate of drug-likeness (QED) is 0.239. The molecule has 0 spiro atoms. The lowest BCUT2D eigenvalue weighted by atomic mass is 10.1. The zero-order valence-electron chi connectivity index (χ0n) is 10.3. The van der Waals surface area contributed by atoms with Crippen molar-refractivity contribution in [3.05, 3.63) is 51.4 Å². The molecule has 0 atom stereocenters. The van der Waals surface area contributed by atoms with Crippen molar-refractivity contribution in [1.82, 2.24) is 0 Å². The van der Waals surface area contributed by atoms with E-state index in [0.29, 0.717) is 16.9 Å². The topological polar surface area (TPSA) is 101 Å². The van der Waals surface area contributed by atoms with Crippen LogP contribution < -0.4 is 10.4 Å². The van der Waals surface area contributed by atoms with Crippen molar-refractivity contribution in [1.29, 1.82) is 0 Å². The van der Waals surface area contributed by atoms with Crippen LogP contribution in [0.25, 0.3) is 32.4 Å². The van der Waals surface area contributed by atoms with E-state index in [1.807, 2.05) is 6.07 Å². The molecule has 0 amide bonds. The fourth-order valence-electron chi connectivity index (χ4n) is 1.97. The summed E-state index contributed by atoms with van der Waals surface area (Å²) in [6.07, 6.45) is 1.53. The molecular weight excluding hydrogens is 262 g/mol. The summed E-state index contributed by atoms with van der Waals surface area (Å²) in [4.78, 5) is 14.0. The number of fused-ring (bicyclic) bond motifs is 2. The Balaban J connectivity index is 2.16. The average Bonchev–Trinajstić information content (AvgIpc) is 2.91. The van der Waals surface area contributed by atoms with Crippen molar-refractivity contribution in [2.24, 2.45) is 5.11 Å². The Morgan fingerprint density at radius 3 is 2.95 bits per heavy atom. The van der Waals surface area contributed by atoms with Crippen LogP contribution in [0.1, 0.15) is 0 Å².